The molecule has 6 nitrogen and oxygen atoms in total. The maximum absolute atomic E-state index is 9.97. The Morgan fingerprint density at radius 2 is 1.68 bits per heavy atom. The Bertz CT molecular complexity index is 370. The molecule has 0 spiro atoms. The molecule has 0 aromatic heterocycles. The minimum absolute atomic E-state index is 0.210. The van der Waals surface area contributed by atoms with Crippen molar-refractivity contribution in [2.75, 3.05) is 26.3 Å². The molecule has 1 aliphatic heterocycles. The molecule has 4 N–H and O–H groups in total. The molecule has 2 rings (SSSR count). The van der Waals surface area contributed by atoms with E-state index in [1.54, 1.807) is 0 Å². The largest absolute Gasteiger partial charge is 0.395 e. The van der Waals surface area contributed by atoms with Crippen molar-refractivity contribution < 1.29 is 25.2 Å². The van der Waals surface area contributed by atoms with Gasteiger partial charge in [-0.05, 0) is 38.1 Å². The van der Waals surface area contributed by atoms with Gasteiger partial charge >= 0.3 is 0 Å². The first-order valence-corrected chi connectivity index (χ1v) is 10.0. The van der Waals surface area contributed by atoms with Crippen LogP contribution in [0, 0.1) is 5.92 Å². The van der Waals surface area contributed by atoms with Gasteiger partial charge in [-0.15, -0.1) is 0 Å². The van der Waals surface area contributed by atoms with E-state index in [4.69, 9.17) is 4.74 Å². The average molecular weight is 360 g/mol. The molecule has 2 aliphatic rings. The summed E-state index contributed by atoms with van der Waals surface area (Å²) in [6.07, 6.45) is 6.53. The van der Waals surface area contributed by atoms with Crippen molar-refractivity contribution in [3.05, 3.63) is 0 Å². The highest BCUT2D eigenvalue weighted by Crippen LogP contribution is 2.26. The Morgan fingerprint density at radius 1 is 0.960 bits per heavy atom. The zero-order chi connectivity index (χ0) is 18.2. The number of nitrogens with zero attached hydrogens (tertiary/aromatic N) is 1. The zero-order valence-electron chi connectivity index (χ0n) is 15.6. The lowest BCUT2D eigenvalue weighted by atomic mass is 9.88. The van der Waals surface area contributed by atoms with Crippen molar-refractivity contribution in [1.82, 2.24) is 4.90 Å². The summed E-state index contributed by atoms with van der Waals surface area (Å²) in [5, 5.41) is 38.9. The summed E-state index contributed by atoms with van der Waals surface area (Å²) in [6.45, 7) is 3.93. The van der Waals surface area contributed by atoms with E-state index >= 15 is 0 Å². The van der Waals surface area contributed by atoms with E-state index in [-0.39, 0.29) is 6.61 Å². The first kappa shape index (κ1) is 21.1. The van der Waals surface area contributed by atoms with Crippen LogP contribution in [0.3, 0.4) is 0 Å². The summed E-state index contributed by atoms with van der Waals surface area (Å²) in [7, 11) is 0. The highest BCUT2D eigenvalue weighted by molar-refractivity contribution is 4.93. The molecule has 1 saturated heterocycles. The van der Waals surface area contributed by atoms with Crippen molar-refractivity contribution in [2.24, 2.45) is 5.92 Å². The van der Waals surface area contributed by atoms with Gasteiger partial charge in [0.05, 0.1) is 24.9 Å². The fourth-order valence-electron chi connectivity index (χ4n) is 4.17. The maximum Gasteiger partial charge on any atom is 0.109 e. The van der Waals surface area contributed by atoms with E-state index in [1.165, 1.54) is 25.7 Å². The van der Waals surface area contributed by atoms with Gasteiger partial charge < -0.3 is 25.2 Å². The molecule has 25 heavy (non-hydrogen) atoms. The minimum Gasteiger partial charge on any atom is -0.395 e. The molecular weight excluding hydrogens is 322 g/mol. The van der Waals surface area contributed by atoms with Crippen LogP contribution in [0.2, 0.25) is 0 Å². The standard InChI is InChI=1S/C19H37NO5/c1-14-8-4-5-9-17(14)25-11-7-3-2-6-10-20-12-16(22)19(24)18(23)15(20)13-21/h14-19,21-24H,2-13H2,1H3/t14-,15+,16-,17-,18+,19+/m0/s1. The van der Waals surface area contributed by atoms with Crippen LogP contribution in [0.15, 0.2) is 0 Å². The van der Waals surface area contributed by atoms with E-state index in [0.717, 1.165) is 32.3 Å². The maximum atomic E-state index is 9.97. The number of β-amino-alcohol motifs (C(OH)–C–C–N with tert-alkyl or cyclic N) is 1. The van der Waals surface area contributed by atoms with E-state index in [1.807, 2.05) is 4.90 Å². The van der Waals surface area contributed by atoms with Gasteiger partial charge in [0.15, 0.2) is 0 Å². The lowest BCUT2D eigenvalue weighted by Gasteiger charge is -2.43. The summed E-state index contributed by atoms with van der Waals surface area (Å²) in [5.74, 6) is 0.691. The van der Waals surface area contributed by atoms with Crippen LogP contribution in [0.25, 0.3) is 0 Å². The van der Waals surface area contributed by atoms with Crippen LogP contribution in [0.1, 0.15) is 58.3 Å². The highest BCUT2D eigenvalue weighted by Gasteiger charge is 2.40. The molecule has 6 atom stereocenters. The smallest absolute Gasteiger partial charge is 0.109 e. The third kappa shape index (κ3) is 6.15. The van der Waals surface area contributed by atoms with Gasteiger partial charge in [0.25, 0.3) is 0 Å². The lowest BCUT2D eigenvalue weighted by Crippen LogP contribution is -2.62. The van der Waals surface area contributed by atoms with Gasteiger partial charge in [0, 0.05) is 13.2 Å². The SMILES string of the molecule is C[C@H]1CCCC[C@@H]1OCCCCCCN1C[C@H](O)[C@@H](O)[C@H](O)[C@H]1CO. The van der Waals surface area contributed by atoms with Crippen LogP contribution in [-0.2, 0) is 4.74 Å². The third-order valence-corrected chi connectivity index (χ3v) is 5.92. The number of piperidine rings is 1. The first-order valence-electron chi connectivity index (χ1n) is 10.0. The second-order valence-corrected chi connectivity index (χ2v) is 7.88. The van der Waals surface area contributed by atoms with Crippen LogP contribution in [-0.4, -0.2) is 82.1 Å². The minimum atomic E-state index is -1.17. The van der Waals surface area contributed by atoms with Crippen molar-refractivity contribution in [1.29, 1.82) is 0 Å². The molecule has 2 fully saturated rings. The Balaban J connectivity index is 1.56. The van der Waals surface area contributed by atoms with Gasteiger partial charge in [-0.2, -0.15) is 0 Å². The van der Waals surface area contributed by atoms with Crippen LogP contribution in [0.4, 0.5) is 0 Å². The van der Waals surface area contributed by atoms with Crippen LogP contribution >= 0.6 is 0 Å². The van der Waals surface area contributed by atoms with E-state index in [9.17, 15) is 20.4 Å². The Labute approximate surface area is 151 Å². The van der Waals surface area contributed by atoms with Crippen molar-refractivity contribution in [3.8, 4) is 0 Å². The Kier molecular flexibility index (Phi) is 9.10. The normalized spacial score (nSPS) is 37.3. The fourth-order valence-corrected chi connectivity index (χ4v) is 4.17. The molecule has 0 bridgehead atoms. The molecule has 0 unspecified atom stereocenters. The number of aliphatic hydroxyl groups is 4. The average Bonchev–Trinajstić information content (AvgIpc) is 2.60. The molecule has 0 aromatic carbocycles. The number of rotatable bonds is 9. The Morgan fingerprint density at radius 3 is 2.40 bits per heavy atom. The van der Waals surface area contributed by atoms with Crippen LogP contribution in [0.5, 0.6) is 0 Å². The molecule has 1 heterocycles. The van der Waals surface area contributed by atoms with Gasteiger partial charge in [-0.1, -0.05) is 32.6 Å². The molecule has 0 aromatic rings. The van der Waals surface area contributed by atoms with Crippen molar-refractivity contribution >= 4 is 0 Å². The van der Waals surface area contributed by atoms with Gasteiger partial charge in [-0.25, -0.2) is 0 Å². The Hall–Kier alpha value is -0.240. The summed E-state index contributed by atoms with van der Waals surface area (Å²) in [4.78, 5) is 1.89. The topological polar surface area (TPSA) is 93.4 Å². The third-order valence-electron chi connectivity index (χ3n) is 5.92. The molecule has 1 aliphatic carbocycles. The first-order chi connectivity index (χ1) is 12.0. The second kappa shape index (κ2) is 10.8. The highest BCUT2D eigenvalue weighted by atomic mass is 16.5. The fraction of sp³-hybridized carbons (Fsp3) is 1.00. The van der Waals surface area contributed by atoms with E-state index < -0.39 is 24.4 Å². The lowest BCUT2D eigenvalue weighted by molar-refractivity contribution is -0.145. The number of hydrogen-bond acceptors (Lipinski definition) is 6. The molecule has 1 saturated carbocycles. The van der Waals surface area contributed by atoms with Gasteiger partial charge in [-0.3, -0.25) is 4.90 Å². The molecule has 0 amide bonds. The van der Waals surface area contributed by atoms with E-state index in [0.29, 0.717) is 25.1 Å². The summed E-state index contributed by atoms with van der Waals surface area (Å²) < 4.78 is 6.03. The van der Waals surface area contributed by atoms with Gasteiger partial charge in [0.2, 0.25) is 0 Å². The zero-order valence-corrected chi connectivity index (χ0v) is 15.6. The van der Waals surface area contributed by atoms with Crippen molar-refractivity contribution in [3.63, 3.8) is 0 Å². The monoisotopic (exact) mass is 359 g/mol. The quantitative estimate of drug-likeness (QED) is 0.457. The summed E-state index contributed by atoms with van der Waals surface area (Å²) in [5.41, 5.74) is 0. The predicted molar refractivity (Wildman–Crippen MR) is 96.3 cm³/mol. The van der Waals surface area contributed by atoms with Crippen molar-refractivity contribution in [2.45, 2.75) is 88.7 Å². The molecule has 0 radical (unpaired) electrons. The molecular formula is C19H37NO5. The molecule has 6 heteroatoms. The number of hydrogen-bond donors (Lipinski definition) is 4. The van der Waals surface area contributed by atoms with Gasteiger partial charge in [0.1, 0.15) is 12.2 Å². The number of ether oxygens (including phenoxy) is 1. The summed E-state index contributed by atoms with van der Waals surface area (Å²) >= 11 is 0. The second-order valence-electron chi connectivity index (χ2n) is 7.88. The number of likely N-dealkylation sites (tertiary alicyclic amines) is 1. The number of unbranched alkanes of at least 4 members (excludes halogenated alkanes) is 3. The predicted octanol–water partition coefficient (Wildman–Crippen LogP) is 0.901. The van der Waals surface area contributed by atoms with Crippen LogP contribution < -0.4 is 0 Å². The van der Waals surface area contributed by atoms with E-state index in [2.05, 4.69) is 6.92 Å². The number of aliphatic hydroxyl groups excluding tert-OH is 4. The molecule has 148 valence electrons. The summed E-state index contributed by atoms with van der Waals surface area (Å²) in [6, 6.07) is -0.491.